The van der Waals surface area contributed by atoms with Gasteiger partial charge in [-0.15, -0.1) is 0 Å². The van der Waals surface area contributed by atoms with Gasteiger partial charge in [-0.2, -0.15) is 0 Å². The van der Waals surface area contributed by atoms with E-state index in [2.05, 4.69) is 18.7 Å². The maximum atomic E-state index is 13.6. The maximum Gasteiger partial charge on any atom is 0.410 e. The van der Waals surface area contributed by atoms with Crippen LogP contribution in [0.15, 0.2) is 48.5 Å². The van der Waals surface area contributed by atoms with Crippen LogP contribution in [0.3, 0.4) is 0 Å². The molecule has 0 radical (unpaired) electrons. The molecule has 0 aromatic heterocycles. The molecule has 2 aromatic carbocycles. The van der Waals surface area contributed by atoms with Crippen molar-refractivity contribution in [1.82, 2.24) is 14.7 Å². The van der Waals surface area contributed by atoms with E-state index in [9.17, 15) is 14.0 Å². The molecule has 1 atom stereocenters. The molecule has 2 saturated heterocycles. The Hall–Kier alpha value is -3.13. The van der Waals surface area contributed by atoms with E-state index in [-0.39, 0.29) is 30.0 Å². The molecule has 212 valence electrons. The van der Waals surface area contributed by atoms with Crippen molar-refractivity contribution in [1.29, 1.82) is 0 Å². The first-order valence-electron chi connectivity index (χ1n) is 14.2. The first-order valence-corrected chi connectivity index (χ1v) is 14.2. The van der Waals surface area contributed by atoms with E-state index in [1.54, 1.807) is 17.0 Å². The number of cyclic esters (lactones) is 1. The number of nitrogens with zero attached hydrogens (tertiary/aromatic N) is 3. The molecule has 2 aliphatic heterocycles. The first kappa shape index (κ1) is 28.9. The molecule has 2 aromatic rings. The fraction of sp³-hybridized carbons (Fsp3) is 0.548. The summed E-state index contributed by atoms with van der Waals surface area (Å²) < 4.78 is 24.5. The zero-order valence-electron chi connectivity index (χ0n) is 23.5. The number of hydrogen-bond donors (Lipinski definition) is 0. The highest BCUT2D eigenvalue weighted by Crippen LogP contribution is 2.22. The second-order valence-corrected chi connectivity index (χ2v) is 11.2. The Balaban J connectivity index is 1.33. The van der Waals surface area contributed by atoms with Crippen molar-refractivity contribution in [2.24, 2.45) is 5.92 Å². The zero-order chi connectivity index (χ0) is 27.8. The van der Waals surface area contributed by atoms with Crippen LogP contribution in [0.25, 0.3) is 0 Å². The number of halogens is 1. The van der Waals surface area contributed by atoms with Crippen LogP contribution in [0.4, 0.5) is 9.18 Å². The van der Waals surface area contributed by atoms with Gasteiger partial charge in [-0.05, 0) is 74.0 Å². The number of benzene rings is 2. The minimum Gasteiger partial charge on any atom is -0.493 e. The second kappa shape index (κ2) is 13.8. The zero-order valence-corrected chi connectivity index (χ0v) is 23.5. The molecule has 0 N–H and O–H groups in total. The van der Waals surface area contributed by atoms with Crippen LogP contribution in [0.1, 0.15) is 51.2 Å². The summed E-state index contributed by atoms with van der Waals surface area (Å²) in [7, 11) is 0. The Kier molecular flexibility index (Phi) is 10.2. The normalized spacial score (nSPS) is 18.4. The molecule has 39 heavy (non-hydrogen) atoms. The smallest absolute Gasteiger partial charge is 0.410 e. The summed E-state index contributed by atoms with van der Waals surface area (Å²) in [4.78, 5) is 31.6. The number of carbonyl (C=O) groups is 2. The number of piperidine rings is 1. The summed E-state index contributed by atoms with van der Waals surface area (Å²) in [6.07, 6.45) is 2.75. The average molecular weight is 540 g/mol. The average Bonchev–Trinajstić information content (AvgIpc) is 3.24. The molecule has 0 spiro atoms. The van der Waals surface area contributed by atoms with Gasteiger partial charge in [0.1, 0.15) is 17.7 Å². The summed E-state index contributed by atoms with van der Waals surface area (Å²) in [5.41, 5.74) is 1.88. The van der Waals surface area contributed by atoms with Gasteiger partial charge < -0.3 is 24.2 Å². The molecular formula is C31H42FN3O4. The lowest BCUT2D eigenvalue weighted by Gasteiger charge is -2.39. The summed E-state index contributed by atoms with van der Waals surface area (Å²) in [6.45, 7) is 11.4. The monoisotopic (exact) mass is 539 g/mol. The Morgan fingerprint density at radius 2 is 1.72 bits per heavy atom. The number of carbonyl (C=O) groups excluding carboxylic acids is 2. The van der Waals surface area contributed by atoms with Crippen LogP contribution in [0.2, 0.25) is 0 Å². The molecule has 2 heterocycles. The molecule has 7 nitrogen and oxygen atoms in total. The van der Waals surface area contributed by atoms with E-state index in [4.69, 9.17) is 9.47 Å². The largest absolute Gasteiger partial charge is 0.493 e. The Morgan fingerprint density at radius 3 is 2.33 bits per heavy atom. The van der Waals surface area contributed by atoms with Crippen molar-refractivity contribution in [2.75, 3.05) is 39.3 Å². The predicted molar refractivity (Wildman–Crippen MR) is 149 cm³/mol. The second-order valence-electron chi connectivity index (χ2n) is 11.2. The van der Waals surface area contributed by atoms with Crippen LogP contribution >= 0.6 is 0 Å². The number of likely N-dealkylation sites (tertiary alicyclic amines) is 1. The molecule has 0 aliphatic carbocycles. The van der Waals surface area contributed by atoms with E-state index in [1.165, 1.54) is 12.1 Å². The molecule has 0 bridgehead atoms. The van der Waals surface area contributed by atoms with Crippen molar-refractivity contribution in [3.05, 3.63) is 65.5 Å². The quantitative estimate of drug-likeness (QED) is 0.374. The van der Waals surface area contributed by atoms with Crippen LogP contribution in [-0.4, -0.2) is 78.2 Å². The molecule has 2 aliphatic rings. The highest BCUT2D eigenvalue weighted by molar-refractivity contribution is 5.79. The van der Waals surface area contributed by atoms with Gasteiger partial charge in [-0.3, -0.25) is 4.79 Å². The van der Waals surface area contributed by atoms with Gasteiger partial charge >= 0.3 is 6.09 Å². The van der Waals surface area contributed by atoms with Crippen LogP contribution in [0, 0.1) is 11.7 Å². The van der Waals surface area contributed by atoms with E-state index >= 15 is 0 Å². The van der Waals surface area contributed by atoms with Crippen molar-refractivity contribution in [3.8, 4) is 5.75 Å². The molecule has 4 rings (SSSR count). The van der Waals surface area contributed by atoms with Crippen LogP contribution < -0.4 is 4.74 Å². The van der Waals surface area contributed by atoms with Gasteiger partial charge in [0.15, 0.2) is 0 Å². The SMILES string of the molecule is CC(C)COc1ccc(CC(=O)N(Cc2ccc(F)cc2)C2CCN(CCCN3C[C@H](C)OC3=O)CC2)cc1. The van der Waals surface area contributed by atoms with Gasteiger partial charge in [0.2, 0.25) is 5.91 Å². The first-order chi connectivity index (χ1) is 18.8. The molecule has 2 fully saturated rings. The summed E-state index contributed by atoms with van der Waals surface area (Å²) >= 11 is 0. The van der Waals surface area contributed by atoms with Crippen molar-refractivity contribution < 1.29 is 23.5 Å². The van der Waals surface area contributed by atoms with Crippen molar-refractivity contribution in [3.63, 3.8) is 0 Å². The number of hydrogen-bond acceptors (Lipinski definition) is 5. The predicted octanol–water partition coefficient (Wildman–Crippen LogP) is 5.13. The minimum atomic E-state index is -0.277. The van der Waals surface area contributed by atoms with Gasteiger partial charge in [-0.1, -0.05) is 38.1 Å². The highest BCUT2D eigenvalue weighted by atomic mass is 19.1. The van der Waals surface area contributed by atoms with Crippen molar-refractivity contribution in [2.45, 2.75) is 65.1 Å². The van der Waals surface area contributed by atoms with E-state index in [1.807, 2.05) is 36.1 Å². The lowest BCUT2D eigenvalue weighted by molar-refractivity contribution is -0.134. The maximum absolute atomic E-state index is 13.6. The van der Waals surface area contributed by atoms with Gasteiger partial charge in [0.05, 0.1) is 19.6 Å². The molecular weight excluding hydrogens is 497 g/mol. The van der Waals surface area contributed by atoms with E-state index in [0.717, 1.165) is 55.8 Å². The third kappa shape index (κ3) is 8.68. The van der Waals surface area contributed by atoms with E-state index < -0.39 is 0 Å². The van der Waals surface area contributed by atoms with E-state index in [0.29, 0.717) is 38.6 Å². The highest BCUT2D eigenvalue weighted by Gasteiger charge is 2.30. The Bertz CT molecular complexity index is 1070. The van der Waals surface area contributed by atoms with Crippen LogP contribution in [0.5, 0.6) is 5.75 Å². The molecule has 2 amide bonds. The fourth-order valence-electron chi connectivity index (χ4n) is 5.24. The lowest BCUT2D eigenvalue weighted by Crippen LogP contribution is -2.48. The van der Waals surface area contributed by atoms with Crippen molar-refractivity contribution >= 4 is 12.0 Å². The number of rotatable bonds is 12. The van der Waals surface area contributed by atoms with Gasteiger partial charge in [0.25, 0.3) is 0 Å². The van der Waals surface area contributed by atoms with Gasteiger partial charge in [-0.25, -0.2) is 9.18 Å². The Labute approximate surface area is 231 Å². The molecule has 8 heteroatoms. The summed E-state index contributed by atoms with van der Waals surface area (Å²) in [5, 5.41) is 0. The summed E-state index contributed by atoms with van der Waals surface area (Å²) in [5.74, 6) is 1.06. The third-order valence-electron chi connectivity index (χ3n) is 7.39. The molecule has 0 unspecified atom stereocenters. The topological polar surface area (TPSA) is 62.3 Å². The summed E-state index contributed by atoms with van der Waals surface area (Å²) in [6, 6.07) is 14.3. The number of ether oxygens (including phenoxy) is 2. The lowest BCUT2D eigenvalue weighted by atomic mass is 10.0. The van der Waals surface area contributed by atoms with Crippen LogP contribution in [-0.2, 0) is 22.5 Å². The molecule has 0 saturated carbocycles. The number of amides is 2. The standard InChI is InChI=1S/C31H42FN3O4/c1-23(2)22-38-29-11-7-25(8-12-29)19-30(36)35(21-26-5-9-27(32)10-6-26)28-13-17-33(18-14-28)15-4-16-34-20-24(3)39-31(34)37/h5-12,23-24,28H,4,13-22H2,1-3H3/t24-/m0/s1. The minimum absolute atomic E-state index is 0.0333. The third-order valence-corrected chi connectivity index (χ3v) is 7.39. The van der Waals surface area contributed by atoms with Gasteiger partial charge in [0, 0.05) is 32.2 Å². The Morgan fingerprint density at radius 1 is 1.05 bits per heavy atom. The fourth-order valence-corrected chi connectivity index (χ4v) is 5.24.